The predicted molar refractivity (Wildman–Crippen MR) is 116 cm³/mol. The molecule has 3 heterocycles. The van der Waals surface area contributed by atoms with Gasteiger partial charge in [-0.15, -0.1) is 10.2 Å². The SMILES string of the molecule is Cn1cc(-c2ccc(NC(=O)NCC(C)(C)N3CCc4ccccc4C3)nn2)cn1. The maximum Gasteiger partial charge on any atom is 0.320 e. The second-order valence-corrected chi connectivity index (χ2v) is 8.27. The Morgan fingerprint density at radius 3 is 2.63 bits per heavy atom. The summed E-state index contributed by atoms with van der Waals surface area (Å²) in [4.78, 5) is 14.8. The normalized spacial score (nSPS) is 14.2. The first-order valence-electron chi connectivity index (χ1n) is 10.1. The van der Waals surface area contributed by atoms with E-state index in [2.05, 4.69) is 68.9 Å². The molecule has 0 radical (unpaired) electrons. The highest BCUT2D eigenvalue weighted by Gasteiger charge is 2.30. The molecule has 0 fully saturated rings. The number of benzene rings is 1. The molecule has 0 saturated heterocycles. The molecule has 0 unspecified atom stereocenters. The summed E-state index contributed by atoms with van der Waals surface area (Å²) in [5.74, 6) is 0.407. The van der Waals surface area contributed by atoms with Crippen LogP contribution in [0.25, 0.3) is 11.3 Å². The zero-order valence-electron chi connectivity index (χ0n) is 17.6. The topological polar surface area (TPSA) is 88.0 Å². The first-order valence-corrected chi connectivity index (χ1v) is 10.1. The first-order chi connectivity index (χ1) is 14.4. The minimum Gasteiger partial charge on any atom is -0.336 e. The Hall–Kier alpha value is -3.26. The van der Waals surface area contributed by atoms with E-state index in [0.29, 0.717) is 18.1 Å². The molecule has 2 aromatic heterocycles. The largest absolute Gasteiger partial charge is 0.336 e. The van der Waals surface area contributed by atoms with E-state index in [1.807, 2.05) is 19.3 Å². The fourth-order valence-electron chi connectivity index (χ4n) is 3.69. The molecule has 0 bridgehead atoms. The molecule has 156 valence electrons. The number of carbonyl (C=O) groups is 1. The summed E-state index contributed by atoms with van der Waals surface area (Å²) < 4.78 is 1.71. The van der Waals surface area contributed by atoms with Crippen LogP contribution >= 0.6 is 0 Å². The molecule has 8 nitrogen and oxygen atoms in total. The van der Waals surface area contributed by atoms with Gasteiger partial charge in [0.05, 0.1) is 11.9 Å². The van der Waals surface area contributed by atoms with Crippen LogP contribution < -0.4 is 10.6 Å². The molecule has 4 rings (SSSR count). The van der Waals surface area contributed by atoms with Crippen molar-refractivity contribution in [1.29, 1.82) is 0 Å². The van der Waals surface area contributed by atoms with E-state index in [9.17, 15) is 4.79 Å². The van der Waals surface area contributed by atoms with Gasteiger partial charge in [-0.3, -0.25) is 14.9 Å². The maximum atomic E-state index is 12.4. The maximum absolute atomic E-state index is 12.4. The lowest BCUT2D eigenvalue weighted by atomic mass is 9.94. The van der Waals surface area contributed by atoms with Gasteiger partial charge in [0, 0.05) is 44.0 Å². The van der Waals surface area contributed by atoms with E-state index in [1.54, 1.807) is 16.9 Å². The van der Waals surface area contributed by atoms with Gasteiger partial charge in [-0.05, 0) is 43.5 Å². The highest BCUT2D eigenvalue weighted by Crippen LogP contribution is 2.25. The van der Waals surface area contributed by atoms with Crippen molar-refractivity contribution in [2.45, 2.75) is 32.4 Å². The number of carbonyl (C=O) groups excluding carboxylic acids is 1. The summed E-state index contributed by atoms with van der Waals surface area (Å²) >= 11 is 0. The molecule has 8 heteroatoms. The predicted octanol–water partition coefficient (Wildman–Crippen LogP) is 2.84. The number of amides is 2. The van der Waals surface area contributed by atoms with Crippen molar-refractivity contribution in [3.8, 4) is 11.3 Å². The number of nitrogens with one attached hydrogen (secondary N) is 2. The van der Waals surface area contributed by atoms with E-state index in [0.717, 1.165) is 25.1 Å². The van der Waals surface area contributed by atoms with Crippen LogP contribution in [0.4, 0.5) is 10.6 Å². The average Bonchev–Trinajstić information content (AvgIpc) is 3.19. The third-order valence-electron chi connectivity index (χ3n) is 5.58. The number of nitrogens with zero attached hydrogens (tertiary/aromatic N) is 5. The van der Waals surface area contributed by atoms with Gasteiger partial charge in [-0.25, -0.2) is 4.79 Å². The molecule has 1 aliphatic rings. The summed E-state index contributed by atoms with van der Waals surface area (Å²) in [5, 5.41) is 18.1. The molecule has 0 atom stereocenters. The fraction of sp³-hybridized carbons (Fsp3) is 0.364. The van der Waals surface area contributed by atoms with Crippen molar-refractivity contribution < 1.29 is 4.79 Å². The van der Waals surface area contributed by atoms with Gasteiger partial charge in [-0.1, -0.05) is 24.3 Å². The Labute approximate surface area is 176 Å². The van der Waals surface area contributed by atoms with E-state index >= 15 is 0 Å². The highest BCUT2D eigenvalue weighted by molar-refractivity contribution is 5.88. The van der Waals surface area contributed by atoms with Gasteiger partial charge in [0.1, 0.15) is 0 Å². The third kappa shape index (κ3) is 4.49. The van der Waals surface area contributed by atoms with Crippen LogP contribution in [0.5, 0.6) is 0 Å². The summed E-state index contributed by atoms with van der Waals surface area (Å²) in [6.07, 6.45) is 4.63. The molecule has 1 aromatic carbocycles. The summed E-state index contributed by atoms with van der Waals surface area (Å²) in [5.41, 5.74) is 4.21. The van der Waals surface area contributed by atoms with Gasteiger partial charge in [0.25, 0.3) is 0 Å². The Balaban J connectivity index is 1.31. The third-order valence-corrected chi connectivity index (χ3v) is 5.58. The highest BCUT2D eigenvalue weighted by atomic mass is 16.2. The van der Waals surface area contributed by atoms with Gasteiger partial charge in [0.2, 0.25) is 0 Å². The summed E-state index contributed by atoms with van der Waals surface area (Å²) in [7, 11) is 1.85. The van der Waals surface area contributed by atoms with E-state index in [-0.39, 0.29) is 11.6 Å². The number of fused-ring (bicyclic) bond motifs is 1. The van der Waals surface area contributed by atoms with Crippen molar-refractivity contribution in [3.05, 3.63) is 59.9 Å². The number of aryl methyl sites for hydroxylation is 1. The first kappa shape index (κ1) is 20.0. The van der Waals surface area contributed by atoms with E-state index < -0.39 is 0 Å². The minimum atomic E-state index is -0.288. The van der Waals surface area contributed by atoms with E-state index in [1.165, 1.54) is 11.1 Å². The molecule has 1 aliphatic heterocycles. The second-order valence-electron chi connectivity index (χ2n) is 8.27. The van der Waals surface area contributed by atoms with Crippen LogP contribution in [0.2, 0.25) is 0 Å². The zero-order chi connectivity index (χ0) is 21.1. The number of urea groups is 1. The molecule has 0 aliphatic carbocycles. The lowest BCUT2D eigenvalue weighted by Gasteiger charge is -2.41. The fourth-order valence-corrected chi connectivity index (χ4v) is 3.69. The van der Waals surface area contributed by atoms with Crippen LogP contribution in [0.1, 0.15) is 25.0 Å². The number of aromatic nitrogens is 4. The van der Waals surface area contributed by atoms with Crippen LogP contribution in [0.15, 0.2) is 48.8 Å². The van der Waals surface area contributed by atoms with E-state index in [4.69, 9.17) is 0 Å². The Kier molecular flexibility index (Phi) is 5.50. The average molecular weight is 406 g/mol. The van der Waals surface area contributed by atoms with Gasteiger partial charge in [-0.2, -0.15) is 5.10 Å². The molecule has 0 spiro atoms. The van der Waals surface area contributed by atoms with Crippen LogP contribution in [-0.2, 0) is 20.0 Å². The Morgan fingerprint density at radius 1 is 1.13 bits per heavy atom. The number of hydrogen-bond donors (Lipinski definition) is 2. The smallest absolute Gasteiger partial charge is 0.320 e. The molecule has 3 aromatic rings. The Morgan fingerprint density at radius 2 is 1.93 bits per heavy atom. The van der Waals surface area contributed by atoms with Crippen LogP contribution in [0, 0.1) is 0 Å². The van der Waals surface area contributed by atoms with Crippen molar-refractivity contribution in [2.75, 3.05) is 18.4 Å². The van der Waals surface area contributed by atoms with Crippen molar-refractivity contribution in [3.63, 3.8) is 0 Å². The lowest BCUT2D eigenvalue weighted by Crippen LogP contribution is -2.53. The lowest BCUT2D eigenvalue weighted by molar-refractivity contribution is 0.105. The minimum absolute atomic E-state index is 0.166. The van der Waals surface area contributed by atoms with Crippen LogP contribution in [-0.4, -0.2) is 49.5 Å². The Bertz CT molecular complexity index is 1030. The molecular formula is C22H27N7O. The molecule has 2 amide bonds. The monoisotopic (exact) mass is 405 g/mol. The summed E-state index contributed by atoms with van der Waals surface area (Å²) in [6.45, 7) is 6.72. The van der Waals surface area contributed by atoms with Crippen molar-refractivity contribution >= 4 is 11.8 Å². The second kappa shape index (κ2) is 8.23. The molecule has 2 N–H and O–H groups in total. The van der Waals surface area contributed by atoms with Crippen LogP contribution in [0.3, 0.4) is 0 Å². The molecule has 0 saturated carbocycles. The number of hydrogen-bond acceptors (Lipinski definition) is 5. The van der Waals surface area contributed by atoms with Gasteiger partial charge >= 0.3 is 6.03 Å². The number of anilines is 1. The number of rotatable bonds is 5. The summed E-state index contributed by atoms with van der Waals surface area (Å²) in [6, 6.07) is 11.8. The van der Waals surface area contributed by atoms with Crippen molar-refractivity contribution in [1.82, 2.24) is 30.2 Å². The van der Waals surface area contributed by atoms with Gasteiger partial charge < -0.3 is 5.32 Å². The zero-order valence-corrected chi connectivity index (χ0v) is 17.6. The van der Waals surface area contributed by atoms with Gasteiger partial charge in [0.15, 0.2) is 5.82 Å². The standard InChI is InChI=1S/C22H27N7O/c1-22(2,29-11-10-16-6-4-5-7-17(16)14-29)15-23-21(30)25-20-9-8-19(26-27-20)18-12-24-28(3)13-18/h4-9,12-13H,10-11,14-15H2,1-3H3,(H2,23,25,27,30). The van der Waals surface area contributed by atoms with Crippen molar-refractivity contribution in [2.24, 2.45) is 7.05 Å². The molecular weight excluding hydrogens is 378 g/mol. The molecule has 30 heavy (non-hydrogen) atoms. The quantitative estimate of drug-likeness (QED) is 0.682.